The van der Waals surface area contributed by atoms with Gasteiger partial charge < -0.3 is 24.3 Å². The summed E-state index contributed by atoms with van der Waals surface area (Å²) in [6.45, 7) is 0. The van der Waals surface area contributed by atoms with Gasteiger partial charge in [0.2, 0.25) is 0 Å². The number of rotatable bonds is 6. The molecule has 0 heterocycles. The average Bonchev–Trinajstić information content (AvgIpc) is 2.60. The van der Waals surface area contributed by atoms with Crippen molar-refractivity contribution >= 4 is 11.6 Å². The van der Waals surface area contributed by atoms with Crippen molar-refractivity contribution in [3.8, 4) is 23.0 Å². The number of ether oxygens (including phenoxy) is 4. The average molecular weight is 317 g/mol. The molecule has 0 saturated carbocycles. The Morgan fingerprint density at radius 1 is 0.783 bits per heavy atom. The van der Waals surface area contributed by atoms with E-state index in [9.17, 15) is 4.79 Å². The molecule has 0 unspecified atom stereocenters. The summed E-state index contributed by atoms with van der Waals surface area (Å²) in [5.41, 5.74) is 0.896. The molecule has 0 saturated heterocycles. The van der Waals surface area contributed by atoms with E-state index in [1.54, 1.807) is 50.6 Å². The smallest absolute Gasteiger partial charge is 0.259 e. The first-order valence-corrected chi connectivity index (χ1v) is 6.88. The molecule has 0 aromatic heterocycles. The van der Waals surface area contributed by atoms with Crippen LogP contribution in [-0.4, -0.2) is 34.3 Å². The van der Waals surface area contributed by atoms with Crippen LogP contribution < -0.4 is 24.3 Å². The van der Waals surface area contributed by atoms with Crippen LogP contribution in [0.2, 0.25) is 0 Å². The van der Waals surface area contributed by atoms with E-state index in [0.29, 0.717) is 34.2 Å². The third-order valence-electron chi connectivity index (χ3n) is 3.31. The zero-order chi connectivity index (χ0) is 16.8. The molecule has 1 N–H and O–H groups in total. The van der Waals surface area contributed by atoms with Crippen molar-refractivity contribution in [1.29, 1.82) is 0 Å². The Balaban J connectivity index is 2.32. The van der Waals surface area contributed by atoms with Gasteiger partial charge in [-0.1, -0.05) is 0 Å². The van der Waals surface area contributed by atoms with Crippen LogP contribution in [0.15, 0.2) is 36.4 Å². The van der Waals surface area contributed by atoms with E-state index >= 15 is 0 Å². The minimum absolute atomic E-state index is 0.323. The van der Waals surface area contributed by atoms with Gasteiger partial charge in [0, 0.05) is 12.1 Å². The molecule has 6 nitrogen and oxygen atoms in total. The van der Waals surface area contributed by atoms with Gasteiger partial charge in [-0.05, 0) is 24.3 Å². The molecule has 2 aromatic carbocycles. The zero-order valence-electron chi connectivity index (χ0n) is 13.5. The van der Waals surface area contributed by atoms with Gasteiger partial charge in [-0.2, -0.15) is 0 Å². The van der Waals surface area contributed by atoms with Crippen LogP contribution in [0.4, 0.5) is 5.69 Å². The second-order valence-electron chi connectivity index (χ2n) is 4.59. The zero-order valence-corrected chi connectivity index (χ0v) is 13.5. The first-order chi connectivity index (χ1) is 11.1. The van der Waals surface area contributed by atoms with E-state index in [1.807, 2.05) is 0 Å². The molecule has 122 valence electrons. The van der Waals surface area contributed by atoms with Crippen LogP contribution in [0, 0.1) is 0 Å². The highest BCUT2D eigenvalue weighted by Gasteiger charge is 2.16. The second-order valence-corrected chi connectivity index (χ2v) is 4.59. The fraction of sp³-hybridized carbons (Fsp3) is 0.235. The number of hydrogen-bond donors (Lipinski definition) is 1. The maximum Gasteiger partial charge on any atom is 0.259 e. The highest BCUT2D eigenvalue weighted by molar-refractivity contribution is 6.07. The van der Waals surface area contributed by atoms with Crippen LogP contribution in [0.3, 0.4) is 0 Å². The van der Waals surface area contributed by atoms with Crippen molar-refractivity contribution in [2.45, 2.75) is 0 Å². The van der Waals surface area contributed by atoms with Gasteiger partial charge in [0.25, 0.3) is 5.91 Å². The predicted molar refractivity (Wildman–Crippen MR) is 87.0 cm³/mol. The van der Waals surface area contributed by atoms with Crippen LogP contribution in [0.25, 0.3) is 0 Å². The fourth-order valence-corrected chi connectivity index (χ4v) is 2.09. The molecule has 6 heteroatoms. The third kappa shape index (κ3) is 3.66. The summed E-state index contributed by atoms with van der Waals surface area (Å²) in [6.07, 6.45) is 0. The molecule has 0 aliphatic carbocycles. The van der Waals surface area contributed by atoms with Gasteiger partial charge in [0.15, 0.2) is 0 Å². The molecule has 23 heavy (non-hydrogen) atoms. The highest BCUT2D eigenvalue weighted by atomic mass is 16.5. The fourth-order valence-electron chi connectivity index (χ4n) is 2.09. The molecular formula is C17H19NO5. The summed E-state index contributed by atoms with van der Waals surface area (Å²) in [5.74, 6) is 1.85. The monoisotopic (exact) mass is 317 g/mol. The number of anilines is 1. The quantitative estimate of drug-likeness (QED) is 0.887. The van der Waals surface area contributed by atoms with Crippen molar-refractivity contribution < 1.29 is 23.7 Å². The summed E-state index contributed by atoms with van der Waals surface area (Å²) in [4.78, 5) is 12.5. The van der Waals surface area contributed by atoms with Crippen molar-refractivity contribution in [3.05, 3.63) is 42.0 Å². The van der Waals surface area contributed by atoms with Crippen LogP contribution in [-0.2, 0) is 0 Å². The molecule has 0 spiro atoms. The number of methoxy groups -OCH3 is 4. The molecule has 0 aliphatic rings. The number of nitrogens with one attached hydrogen (secondary N) is 1. The Morgan fingerprint density at radius 2 is 1.39 bits per heavy atom. The molecule has 2 aromatic rings. The van der Waals surface area contributed by atoms with Gasteiger partial charge in [0.1, 0.15) is 23.0 Å². The van der Waals surface area contributed by atoms with E-state index in [1.165, 1.54) is 14.2 Å². The number of carbonyl (C=O) groups is 1. The van der Waals surface area contributed by atoms with Crippen molar-refractivity contribution in [2.75, 3.05) is 33.8 Å². The summed E-state index contributed by atoms with van der Waals surface area (Å²) < 4.78 is 20.8. The van der Waals surface area contributed by atoms with Crippen LogP contribution in [0.5, 0.6) is 23.0 Å². The predicted octanol–water partition coefficient (Wildman–Crippen LogP) is 2.97. The maximum atomic E-state index is 12.5. The Labute approximate surface area is 134 Å². The first-order valence-electron chi connectivity index (χ1n) is 6.88. The summed E-state index contributed by atoms with van der Waals surface area (Å²) in [5, 5.41) is 2.80. The van der Waals surface area contributed by atoms with Gasteiger partial charge in [-0.3, -0.25) is 4.79 Å². The number of carbonyl (C=O) groups excluding carboxylic acids is 1. The lowest BCUT2D eigenvalue weighted by atomic mass is 10.1. The van der Waals surface area contributed by atoms with E-state index in [4.69, 9.17) is 18.9 Å². The molecule has 0 radical (unpaired) electrons. The summed E-state index contributed by atoms with van der Waals surface area (Å²) in [6, 6.07) is 10.1. The minimum atomic E-state index is -0.323. The molecule has 0 bridgehead atoms. The van der Waals surface area contributed by atoms with Gasteiger partial charge >= 0.3 is 0 Å². The first kappa shape index (κ1) is 16.5. The van der Waals surface area contributed by atoms with E-state index < -0.39 is 0 Å². The van der Waals surface area contributed by atoms with Gasteiger partial charge in [0.05, 0.1) is 39.7 Å². The lowest BCUT2D eigenvalue weighted by Crippen LogP contribution is -2.14. The van der Waals surface area contributed by atoms with Crippen molar-refractivity contribution in [1.82, 2.24) is 0 Å². The van der Waals surface area contributed by atoms with Gasteiger partial charge in [-0.25, -0.2) is 0 Å². The van der Waals surface area contributed by atoms with E-state index in [2.05, 4.69) is 5.32 Å². The Bertz CT molecular complexity index is 699. The Kier molecular flexibility index (Phi) is 5.30. The van der Waals surface area contributed by atoms with Crippen molar-refractivity contribution in [2.24, 2.45) is 0 Å². The number of benzene rings is 2. The Morgan fingerprint density at radius 3 is 2.00 bits per heavy atom. The van der Waals surface area contributed by atoms with Crippen molar-refractivity contribution in [3.63, 3.8) is 0 Å². The van der Waals surface area contributed by atoms with Gasteiger partial charge in [-0.15, -0.1) is 0 Å². The van der Waals surface area contributed by atoms with Crippen LogP contribution in [0.1, 0.15) is 10.4 Å². The highest BCUT2D eigenvalue weighted by Crippen LogP contribution is 2.31. The number of amides is 1. The third-order valence-corrected chi connectivity index (χ3v) is 3.31. The molecule has 2 rings (SSSR count). The standard InChI is InChI=1S/C17H19NO5/c1-20-11-6-8-15(22-3)14(9-11)18-17(19)13-7-5-12(21-2)10-16(13)23-4/h5-10H,1-4H3,(H,18,19). The molecule has 0 atom stereocenters. The topological polar surface area (TPSA) is 66.0 Å². The normalized spacial score (nSPS) is 9.91. The lowest BCUT2D eigenvalue weighted by Gasteiger charge is -2.13. The molecular weight excluding hydrogens is 298 g/mol. The van der Waals surface area contributed by atoms with E-state index in [-0.39, 0.29) is 5.91 Å². The summed E-state index contributed by atoms with van der Waals surface area (Å²) in [7, 11) is 6.14. The summed E-state index contributed by atoms with van der Waals surface area (Å²) >= 11 is 0. The van der Waals surface area contributed by atoms with E-state index in [0.717, 1.165) is 0 Å². The molecule has 0 aliphatic heterocycles. The molecule has 1 amide bonds. The lowest BCUT2D eigenvalue weighted by molar-refractivity contribution is 0.102. The molecule has 0 fully saturated rings. The largest absolute Gasteiger partial charge is 0.497 e. The maximum absolute atomic E-state index is 12.5. The second kappa shape index (κ2) is 7.40. The number of hydrogen-bond acceptors (Lipinski definition) is 5. The SMILES string of the molecule is COc1ccc(OC)c(NC(=O)c2ccc(OC)cc2OC)c1. The minimum Gasteiger partial charge on any atom is -0.497 e. The van der Waals surface area contributed by atoms with Crippen LogP contribution >= 0.6 is 0 Å². The Hall–Kier alpha value is -2.89.